The Balaban J connectivity index is 1.14. The van der Waals surface area contributed by atoms with E-state index in [-0.39, 0.29) is 36.1 Å². The molecule has 0 radical (unpaired) electrons. The number of H-pyrrole nitrogens is 1. The molecule has 3 fully saturated rings. The second-order valence-electron chi connectivity index (χ2n) is 12.4. The first-order chi connectivity index (χ1) is 23.1. The molecule has 4 heterocycles. The average Bonchev–Trinajstić information content (AvgIpc) is 3.82. The van der Waals surface area contributed by atoms with Crippen molar-refractivity contribution in [3.05, 3.63) is 82.9 Å². The van der Waals surface area contributed by atoms with Crippen LogP contribution >= 0.6 is 7.75 Å². The van der Waals surface area contributed by atoms with Gasteiger partial charge in [-0.25, -0.2) is 9.55 Å². The number of rotatable bonds is 11. The van der Waals surface area contributed by atoms with Crippen molar-refractivity contribution in [1.82, 2.24) is 24.6 Å². The van der Waals surface area contributed by atoms with Gasteiger partial charge in [-0.1, -0.05) is 48.5 Å². The van der Waals surface area contributed by atoms with Crippen LogP contribution in [0, 0.1) is 0 Å². The zero-order valence-electron chi connectivity index (χ0n) is 26.4. The molecule has 3 aliphatic rings. The number of hydrogen-bond donors (Lipinski definition) is 3. The van der Waals surface area contributed by atoms with Crippen LogP contribution in [0.1, 0.15) is 51.3 Å². The van der Waals surface area contributed by atoms with E-state index < -0.39 is 55.1 Å². The predicted octanol–water partition coefficient (Wildman–Crippen LogP) is 3.97. The van der Waals surface area contributed by atoms with E-state index in [0.717, 1.165) is 18.4 Å². The van der Waals surface area contributed by atoms with Gasteiger partial charge in [0, 0.05) is 12.8 Å². The van der Waals surface area contributed by atoms with E-state index in [2.05, 4.69) is 20.0 Å². The number of fused-ring (bicyclic) bond motifs is 2. The van der Waals surface area contributed by atoms with Gasteiger partial charge in [-0.3, -0.25) is 23.7 Å². The molecule has 1 saturated carbocycles. The van der Waals surface area contributed by atoms with Gasteiger partial charge < -0.3 is 29.2 Å². The Kier molecular flexibility index (Phi) is 8.60. The molecular weight excluding hydrogens is 643 g/mol. The summed E-state index contributed by atoms with van der Waals surface area (Å²) in [7, 11) is -4.24. The number of hydrogen-bond acceptors (Lipinski definition) is 12. The molecule has 254 valence electrons. The molecule has 0 amide bonds. The van der Waals surface area contributed by atoms with Crippen LogP contribution in [0.5, 0.6) is 5.75 Å². The number of para-hydroxylation sites is 1. The van der Waals surface area contributed by atoms with Crippen molar-refractivity contribution >= 4 is 30.8 Å². The Morgan fingerprint density at radius 2 is 1.88 bits per heavy atom. The third-order valence-corrected chi connectivity index (χ3v) is 10.5. The van der Waals surface area contributed by atoms with Gasteiger partial charge in [-0.15, -0.1) is 0 Å². The van der Waals surface area contributed by atoms with Gasteiger partial charge in [0.15, 0.2) is 23.2 Å². The molecule has 4 unspecified atom stereocenters. The standard InChI is InChI=1S/C32H37N6O9P/c1-20(28(40)42-17-21-11-5-3-6-12-21)37-48(41,46-22-13-7-4-8-14-22)43-18-23-25-31(2,47-32(45-25)15-9-10-16-32)29(44-23)38-19-34-24-26(38)35-30(33)36-27(24)39/h3-8,11-14,19-20,23,25,29H,9-10,15-18H2,1-2H3,(H,37,41)(H3,33,35,36,39)/t20-,23+,25?,29?,31?,48?/m0/s1. The minimum atomic E-state index is -4.24. The zero-order valence-corrected chi connectivity index (χ0v) is 27.3. The van der Waals surface area contributed by atoms with Crippen LogP contribution in [0.4, 0.5) is 5.95 Å². The first-order valence-corrected chi connectivity index (χ1v) is 17.3. The summed E-state index contributed by atoms with van der Waals surface area (Å²) >= 11 is 0. The molecule has 0 bridgehead atoms. The monoisotopic (exact) mass is 680 g/mol. The lowest BCUT2D eigenvalue weighted by Crippen LogP contribution is -2.42. The summed E-state index contributed by atoms with van der Waals surface area (Å²) in [6.07, 6.45) is 2.30. The summed E-state index contributed by atoms with van der Waals surface area (Å²) in [5, 5.41) is 2.73. The van der Waals surface area contributed by atoms with Crippen LogP contribution in [0.2, 0.25) is 0 Å². The first kappa shape index (κ1) is 32.4. The van der Waals surface area contributed by atoms with E-state index in [4.69, 9.17) is 33.7 Å². The van der Waals surface area contributed by atoms with E-state index >= 15 is 0 Å². The number of aromatic nitrogens is 4. The number of nitrogens with zero attached hydrogens (tertiary/aromatic N) is 3. The molecule has 48 heavy (non-hydrogen) atoms. The average molecular weight is 681 g/mol. The molecule has 15 nitrogen and oxygen atoms in total. The topological polar surface area (TPSA) is 191 Å². The third-order valence-electron chi connectivity index (χ3n) is 8.82. The first-order valence-electron chi connectivity index (χ1n) is 15.8. The minimum Gasteiger partial charge on any atom is -0.460 e. The van der Waals surface area contributed by atoms with Gasteiger partial charge in [-0.05, 0) is 44.4 Å². The molecule has 4 N–H and O–H groups in total. The number of nitrogens with two attached hydrogens (primary N) is 1. The lowest BCUT2D eigenvalue weighted by atomic mass is 9.96. The maximum atomic E-state index is 14.3. The highest BCUT2D eigenvalue weighted by Crippen LogP contribution is 2.56. The highest BCUT2D eigenvalue weighted by Gasteiger charge is 2.67. The third kappa shape index (κ3) is 6.25. The van der Waals surface area contributed by atoms with Crippen molar-refractivity contribution in [2.45, 2.75) is 82.0 Å². The molecule has 7 rings (SSSR count). The Labute approximate surface area is 275 Å². The largest absolute Gasteiger partial charge is 0.460 e. The van der Waals surface area contributed by atoms with Crippen LogP contribution < -0.4 is 20.9 Å². The Hall–Kier alpha value is -4.11. The second kappa shape index (κ2) is 12.7. The number of carbonyl (C=O) groups excluding carboxylic acids is 1. The molecule has 6 atom stereocenters. The van der Waals surface area contributed by atoms with Crippen molar-refractivity contribution in [3.63, 3.8) is 0 Å². The Morgan fingerprint density at radius 1 is 1.17 bits per heavy atom. The number of anilines is 1. The highest BCUT2D eigenvalue weighted by molar-refractivity contribution is 7.52. The maximum Gasteiger partial charge on any atom is 0.459 e. The van der Waals surface area contributed by atoms with E-state index in [1.165, 1.54) is 13.3 Å². The summed E-state index contributed by atoms with van der Waals surface area (Å²) in [6.45, 7) is 3.14. The summed E-state index contributed by atoms with van der Waals surface area (Å²) in [5.74, 6) is -1.29. The second-order valence-corrected chi connectivity index (χ2v) is 14.1. The van der Waals surface area contributed by atoms with E-state index in [1.807, 2.05) is 37.3 Å². The number of carbonyl (C=O) groups is 1. The normalized spacial score (nSPS) is 26.3. The van der Waals surface area contributed by atoms with Crippen LogP contribution in [0.3, 0.4) is 0 Å². The van der Waals surface area contributed by atoms with Gasteiger partial charge in [-0.2, -0.15) is 10.1 Å². The molecule has 2 aromatic carbocycles. The smallest absolute Gasteiger partial charge is 0.459 e. The fourth-order valence-electron chi connectivity index (χ4n) is 6.58. The number of imidazole rings is 1. The fourth-order valence-corrected chi connectivity index (χ4v) is 8.08. The lowest BCUT2D eigenvalue weighted by molar-refractivity contribution is -0.231. The SMILES string of the molecule is C[C@H](NP(=O)(OC[C@H]1OC(n2cnc3c(=O)[nH]c(N)nc32)C2(C)OC3(CCCC3)OC12)Oc1ccccc1)C(=O)OCc1ccccc1. The van der Waals surface area contributed by atoms with Crippen molar-refractivity contribution in [2.24, 2.45) is 0 Å². The number of nitrogens with one attached hydrogen (secondary N) is 2. The molecule has 4 aromatic rings. The fraction of sp³-hybridized carbons (Fsp3) is 0.438. The molecular formula is C32H37N6O9P. The summed E-state index contributed by atoms with van der Waals surface area (Å²) in [5.41, 5.74) is 5.39. The lowest BCUT2D eigenvalue weighted by Gasteiger charge is -2.31. The molecule has 2 aromatic heterocycles. The zero-order chi connectivity index (χ0) is 33.5. The van der Waals surface area contributed by atoms with Gasteiger partial charge in [0.2, 0.25) is 5.95 Å². The van der Waals surface area contributed by atoms with Crippen LogP contribution in [0.15, 0.2) is 71.8 Å². The number of esters is 1. The number of ether oxygens (including phenoxy) is 4. The van der Waals surface area contributed by atoms with E-state index in [9.17, 15) is 14.2 Å². The van der Waals surface area contributed by atoms with Crippen molar-refractivity contribution in [2.75, 3.05) is 12.3 Å². The highest BCUT2D eigenvalue weighted by atomic mass is 31.2. The van der Waals surface area contributed by atoms with Crippen LogP contribution in [-0.4, -0.2) is 61.7 Å². The minimum absolute atomic E-state index is 0.0440. The molecule has 1 aliphatic carbocycles. The van der Waals surface area contributed by atoms with Gasteiger partial charge in [0.1, 0.15) is 36.2 Å². The number of benzene rings is 2. The summed E-state index contributed by atoms with van der Waals surface area (Å²) in [6, 6.07) is 16.6. The summed E-state index contributed by atoms with van der Waals surface area (Å²) in [4.78, 5) is 36.5. The van der Waals surface area contributed by atoms with E-state index in [0.29, 0.717) is 12.8 Å². The Morgan fingerprint density at radius 3 is 2.60 bits per heavy atom. The predicted molar refractivity (Wildman–Crippen MR) is 171 cm³/mol. The summed E-state index contributed by atoms with van der Waals surface area (Å²) < 4.78 is 53.1. The van der Waals surface area contributed by atoms with Gasteiger partial charge >= 0.3 is 13.7 Å². The quantitative estimate of drug-likeness (QED) is 0.152. The number of nitrogen functional groups attached to an aromatic ring is 1. The van der Waals surface area contributed by atoms with Gasteiger partial charge in [0.05, 0.1) is 12.9 Å². The maximum absolute atomic E-state index is 14.3. The number of aromatic amines is 1. The van der Waals surface area contributed by atoms with Crippen LogP contribution in [0.25, 0.3) is 11.2 Å². The van der Waals surface area contributed by atoms with Crippen molar-refractivity contribution < 1.29 is 37.4 Å². The molecule has 16 heteroatoms. The van der Waals surface area contributed by atoms with Crippen molar-refractivity contribution in [3.8, 4) is 5.75 Å². The Bertz CT molecular complexity index is 1880. The van der Waals surface area contributed by atoms with Crippen molar-refractivity contribution in [1.29, 1.82) is 0 Å². The molecule has 2 saturated heterocycles. The van der Waals surface area contributed by atoms with Crippen LogP contribution in [-0.2, 0) is 39.4 Å². The van der Waals surface area contributed by atoms with E-state index in [1.54, 1.807) is 34.9 Å². The van der Waals surface area contributed by atoms with Gasteiger partial charge in [0.25, 0.3) is 5.56 Å². The molecule has 1 spiro atoms. The molecule has 2 aliphatic heterocycles.